The van der Waals surface area contributed by atoms with Crippen molar-refractivity contribution in [2.75, 3.05) is 39.3 Å². The number of carbonyl (C=O) groups is 2. The molecule has 0 radical (unpaired) electrons. The Labute approximate surface area is 119 Å². The highest BCUT2D eigenvalue weighted by Crippen LogP contribution is 2.15. The molecule has 0 aliphatic carbocycles. The highest BCUT2D eigenvalue weighted by molar-refractivity contribution is 5.78. The number of carboxylic acids is 1. The molecule has 20 heavy (non-hydrogen) atoms. The maximum absolute atomic E-state index is 12.0. The van der Waals surface area contributed by atoms with Crippen molar-refractivity contribution in [1.29, 1.82) is 0 Å². The van der Waals surface area contributed by atoms with Gasteiger partial charge < -0.3 is 14.7 Å². The lowest BCUT2D eigenvalue weighted by molar-refractivity contribution is -0.139. The summed E-state index contributed by atoms with van der Waals surface area (Å²) in [5.41, 5.74) is 0. The minimum Gasteiger partial charge on any atom is -0.481 e. The van der Waals surface area contributed by atoms with Gasteiger partial charge in [-0.05, 0) is 25.7 Å². The standard InChI is InChI=1S/C14H24N2O4/c17-13(16-6-1-2-7-16)11-15-8-3-12(4-9-15)20-10-5-14(18)19/h12H,1-11H2,(H,18,19). The zero-order valence-corrected chi connectivity index (χ0v) is 11.9. The molecule has 0 unspecified atom stereocenters. The second-order valence-electron chi connectivity index (χ2n) is 5.58. The van der Waals surface area contributed by atoms with E-state index in [4.69, 9.17) is 9.84 Å². The molecule has 0 spiro atoms. The highest BCUT2D eigenvalue weighted by Gasteiger charge is 2.24. The maximum atomic E-state index is 12.0. The molecule has 114 valence electrons. The van der Waals surface area contributed by atoms with Crippen molar-refractivity contribution in [2.24, 2.45) is 0 Å². The molecule has 2 saturated heterocycles. The Kier molecular flexibility index (Phi) is 5.79. The van der Waals surface area contributed by atoms with Gasteiger partial charge in [0.05, 0.1) is 25.7 Å². The van der Waals surface area contributed by atoms with E-state index in [9.17, 15) is 9.59 Å². The van der Waals surface area contributed by atoms with E-state index in [2.05, 4.69) is 4.90 Å². The van der Waals surface area contributed by atoms with Crippen LogP contribution in [0, 0.1) is 0 Å². The van der Waals surface area contributed by atoms with E-state index < -0.39 is 5.97 Å². The lowest BCUT2D eigenvalue weighted by atomic mass is 10.1. The Bertz CT molecular complexity index is 334. The topological polar surface area (TPSA) is 70.1 Å². The predicted octanol–water partition coefficient (Wildman–Crippen LogP) is 0.565. The summed E-state index contributed by atoms with van der Waals surface area (Å²) < 4.78 is 5.54. The van der Waals surface area contributed by atoms with Crippen molar-refractivity contribution in [3.05, 3.63) is 0 Å². The number of carbonyl (C=O) groups excluding carboxylic acids is 1. The molecule has 0 aromatic rings. The molecular weight excluding hydrogens is 260 g/mol. The Balaban J connectivity index is 1.61. The van der Waals surface area contributed by atoms with Crippen LogP contribution in [0.1, 0.15) is 32.1 Å². The Hall–Kier alpha value is -1.14. The number of hydrogen-bond donors (Lipinski definition) is 1. The van der Waals surface area contributed by atoms with Crippen LogP contribution in [0.3, 0.4) is 0 Å². The van der Waals surface area contributed by atoms with E-state index in [-0.39, 0.29) is 25.0 Å². The first-order valence-corrected chi connectivity index (χ1v) is 7.48. The van der Waals surface area contributed by atoms with Gasteiger partial charge in [-0.3, -0.25) is 14.5 Å². The average Bonchev–Trinajstić information content (AvgIpc) is 2.94. The van der Waals surface area contributed by atoms with Gasteiger partial charge in [0.1, 0.15) is 0 Å². The highest BCUT2D eigenvalue weighted by atomic mass is 16.5. The van der Waals surface area contributed by atoms with Crippen LogP contribution < -0.4 is 0 Å². The summed E-state index contributed by atoms with van der Waals surface area (Å²) >= 11 is 0. The smallest absolute Gasteiger partial charge is 0.305 e. The number of hydrogen-bond acceptors (Lipinski definition) is 4. The summed E-state index contributed by atoms with van der Waals surface area (Å²) in [6.07, 6.45) is 4.23. The van der Waals surface area contributed by atoms with E-state index >= 15 is 0 Å². The average molecular weight is 284 g/mol. The van der Waals surface area contributed by atoms with Gasteiger partial charge in [-0.2, -0.15) is 0 Å². The first-order valence-electron chi connectivity index (χ1n) is 7.48. The van der Waals surface area contributed by atoms with Crippen LogP contribution in [0.2, 0.25) is 0 Å². The van der Waals surface area contributed by atoms with Crippen LogP contribution in [0.4, 0.5) is 0 Å². The lowest BCUT2D eigenvalue weighted by Crippen LogP contribution is -2.44. The molecule has 0 aromatic carbocycles. The normalized spacial score (nSPS) is 21.3. The third kappa shape index (κ3) is 4.76. The first-order chi connectivity index (χ1) is 9.65. The number of aliphatic carboxylic acids is 1. The molecule has 6 nitrogen and oxygen atoms in total. The fourth-order valence-electron chi connectivity index (χ4n) is 2.80. The van der Waals surface area contributed by atoms with E-state index in [0.717, 1.165) is 51.9 Å². The quantitative estimate of drug-likeness (QED) is 0.772. The predicted molar refractivity (Wildman–Crippen MR) is 73.5 cm³/mol. The van der Waals surface area contributed by atoms with Gasteiger partial charge in [0, 0.05) is 26.2 Å². The van der Waals surface area contributed by atoms with Crippen molar-refractivity contribution < 1.29 is 19.4 Å². The van der Waals surface area contributed by atoms with Crippen LogP contribution in [-0.4, -0.2) is 72.2 Å². The second-order valence-corrected chi connectivity index (χ2v) is 5.58. The Morgan fingerprint density at radius 3 is 2.35 bits per heavy atom. The zero-order valence-electron chi connectivity index (χ0n) is 11.9. The van der Waals surface area contributed by atoms with Crippen molar-refractivity contribution in [3.8, 4) is 0 Å². The molecule has 2 aliphatic heterocycles. The van der Waals surface area contributed by atoms with Crippen LogP contribution in [0.25, 0.3) is 0 Å². The molecule has 1 amide bonds. The summed E-state index contributed by atoms with van der Waals surface area (Å²) in [7, 11) is 0. The Morgan fingerprint density at radius 1 is 1.10 bits per heavy atom. The molecule has 2 rings (SSSR count). The number of likely N-dealkylation sites (tertiary alicyclic amines) is 2. The van der Waals surface area contributed by atoms with Crippen LogP contribution in [-0.2, 0) is 14.3 Å². The van der Waals surface area contributed by atoms with Gasteiger partial charge >= 0.3 is 5.97 Å². The number of ether oxygens (including phenoxy) is 1. The summed E-state index contributed by atoms with van der Waals surface area (Å²) in [6, 6.07) is 0. The van der Waals surface area contributed by atoms with Gasteiger partial charge in [-0.25, -0.2) is 0 Å². The van der Waals surface area contributed by atoms with E-state index in [1.165, 1.54) is 0 Å². The summed E-state index contributed by atoms with van der Waals surface area (Å²) in [5, 5.41) is 8.56. The van der Waals surface area contributed by atoms with Gasteiger partial charge in [-0.15, -0.1) is 0 Å². The van der Waals surface area contributed by atoms with Crippen LogP contribution in [0.15, 0.2) is 0 Å². The molecule has 0 saturated carbocycles. The third-order valence-electron chi connectivity index (χ3n) is 4.02. The van der Waals surface area contributed by atoms with Gasteiger partial charge in [0.2, 0.25) is 5.91 Å². The molecule has 1 N–H and O–H groups in total. The van der Waals surface area contributed by atoms with Gasteiger partial charge in [0.15, 0.2) is 0 Å². The van der Waals surface area contributed by atoms with Crippen molar-refractivity contribution in [1.82, 2.24) is 9.80 Å². The van der Waals surface area contributed by atoms with Crippen molar-refractivity contribution in [2.45, 2.75) is 38.2 Å². The molecule has 6 heteroatoms. The summed E-state index contributed by atoms with van der Waals surface area (Å²) in [5.74, 6) is -0.577. The fourth-order valence-corrected chi connectivity index (χ4v) is 2.80. The zero-order chi connectivity index (χ0) is 14.4. The molecule has 2 fully saturated rings. The monoisotopic (exact) mass is 284 g/mol. The minimum atomic E-state index is -0.821. The SMILES string of the molecule is O=C(O)CCOC1CCN(CC(=O)N2CCCC2)CC1. The fraction of sp³-hybridized carbons (Fsp3) is 0.857. The molecule has 2 heterocycles. The number of nitrogens with zero attached hydrogens (tertiary/aromatic N) is 2. The van der Waals surface area contributed by atoms with E-state index in [1.54, 1.807) is 0 Å². The van der Waals surface area contributed by atoms with Crippen LogP contribution >= 0.6 is 0 Å². The Morgan fingerprint density at radius 2 is 1.75 bits per heavy atom. The van der Waals surface area contributed by atoms with E-state index in [1.807, 2.05) is 4.90 Å². The summed E-state index contributed by atoms with van der Waals surface area (Å²) in [6.45, 7) is 4.34. The van der Waals surface area contributed by atoms with Crippen LogP contribution in [0.5, 0.6) is 0 Å². The molecule has 2 aliphatic rings. The van der Waals surface area contributed by atoms with E-state index in [0.29, 0.717) is 6.54 Å². The largest absolute Gasteiger partial charge is 0.481 e. The number of rotatable bonds is 6. The lowest BCUT2D eigenvalue weighted by Gasteiger charge is -2.32. The minimum absolute atomic E-state index is 0.0632. The second kappa shape index (κ2) is 7.59. The molecule has 0 bridgehead atoms. The molecule has 0 atom stereocenters. The maximum Gasteiger partial charge on any atom is 0.305 e. The third-order valence-corrected chi connectivity index (χ3v) is 4.02. The number of carboxylic acid groups (broad SMARTS) is 1. The number of amides is 1. The molecular formula is C14H24N2O4. The van der Waals surface area contributed by atoms with Crippen molar-refractivity contribution >= 4 is 11.9 Å². The first kappa shape index (κ1) is 15.3. The van der Waals surface area contributed by atoms with Crippen molar-refractivity contribution in [3.63, 3.8) is 0 Å². The molecule has 0 aromatic heterocycles. The van der Waals surface area contributed by atoms with Gasteiger partial charge in [0.25, 0.3) is 0 Å². The van der Waals surface area contributed by atoms with Gasteiger partial charge in [-0.1, -0.05) is 0 Å². The summed E-state index contributed by atoms with van der Waals surface area (Å²) in [4.78, 5) is 26.6. The number of piperidine rings is 1.